The number of pyridine rings is 1. The Hall–Kier alpha value is -4.64. The summed E-state index contributed by atoms with van der Waals surface area (Å²) in [5.41, 5.74) is 6.35. The van der Waals surface area contributed by atoms with Crippen LogP contribution in [0.4, 0.5) is 17.1 Å². The topological polar surface area (TPSA) is 33.5 Å². The van der Waals surface area contributed by atoms with E-state index in [0.717, 1.165) is 33.6 Å². The molecule has 0 fully saturated rings. The summed E-state index contributed by atoms with van der Waals surface area (Å²) in [7, 11) is 0. The molecule has 0 bridgehead atoms. The van der Waals surface area contributed by atoms with E-state index >= 15 is 0 Å². The molecular weight excluding hydrogens is 828 g/mol. The maximum Gasteiger partial charge on any atom is 0.135 e. The van der Waals surface area contributed by atoms with E-state index in [1.54, 1.807) is 0 Å². The zero-order valence-electron chi connectivity index (χ0n) is 29.4. The minimum atomic E-state index is -0.0781. The van der Waals surface area contributed by atoms with Crippen molar-refractivity contribution in [2.24, 2.45) is 0 Å². The number of anilines is 3. The summed E-state index contributed by atoms with van der Waals surface area (Å²) in [6.07, 6.45) is 1.92. The molecule has 258 valence electrons. The van der Waals surface area contributed by atoms with Crippen LogP contribution < -0.4 is 14.5 Å². The number of hydrogen-bond donors (Lipinski definition) is 0. The van der Waals surface area contributed by atoms with Gasteiger partial charge in [-0.2, -0.15) is 18.8 Å². The van der Waals surface area contributed by atoms with Gasteiger partial charge in [0.15, 0.2) is 0 Å². The molecule has 0 spiro atoms. The number of rotatable bonds is 4. The van der Waals surface area contributed by atoms with Crippen molar-refractivity contribution >= 4 is 70.4 Å². The van der Waals surface area contributed by atoms with Crippen molar-refractivity contribution < 1.29 is 25.8 Å². The minimum absolute atomic E-state index is 0. The van der Waals surface area contributed by atoms with E-state index in [-0.39, 0.29) is 32.0 Å². The van der Waals surface area contributed by atoms with Crippen LogP contribution in [0.25, 0.3) is 47.8 Å². The van der Waals surface area contributed by atoms with Crippen molar-refractivity contribution in [3.63, 3.8) is 0 Å². The van der Waals surface area contributed by atoms with E-state index < -0.39 is 0 Å². The summed E-state index contributed by atoms with van der Waals surface area (Å²) >= 11 is 1.84. The zero-order valence-corrected chi connectivity index (χ0v) is 32.5. The van der Waals surface area contributed by atoms with Crippen LogP contribution in [0.5, 0.6) is 11.5 Å². The minimum Gasteiger partial charge on any atom is -0.509 e. The Labute approximate surface area is 317 Å². The molecule has 0 amide bonds. The predicted molar refractivity (Wildman–Crippen MR) is 209 cm³/mol. The van der Waals surface area contributed by atoms with E-state index in [1.165, 1.54) is 36.8 Å². The van der Waals surface area contributed by atoms with Crippen molar-refractivity contribution in [2.45, 2.75) is 52.5 Å². The second-order valence-corrected chi connectivity index (χ2v) is 16.1. The van der Waals surface area contributed by atoms with Gasteiger partial charge in [-0.25, -0.2) is 4.98 Å². The fourth-order valence-electron chi connectivity index (χ4n) is 7.04. The first-order valence-electron chi connectivity index (χ1n) is 17.0. The predicted octanol–water partition coefficient (Wildman–Crippen LogP) is 12.1. The third-order valence-corrected chi connectivity index (χ3v) is 10.7. The summed E-state index contributed by atoms with van der Waals surface area (Å²) < 4.78 is 11.4. The third-order valence-electron chi connectivity index (χ3n) is 9.58. The summed E-state index contributed by atoms with van der Waals surface area (Å²) in [6.45, 7) is 15.5. The first-order chi connectivity index (χ1) is 24.0. The van der Waals surface area contributed by atoms with Gasteiger partial charge in [0, 0.05) is 81.4 Å². The molecule has 8 aromatic rings. The standard InChI is InChI=1S/C44H37N4OS.Pt/c1-43(2,3)28-20-21-45-42(22-28)48-38-24-31(18-19-32(38)34-26-41-35(25-39(34)48)33-14-7-10-17-40(33)50-41)49-30-13-11-12-29(23-30)46-27-47(44(4,5)6)37-16-9-8-15-36(37)46;/h7-22,25-27H,1-6H3;/q-3;. The molecular formula is C44H37N4OPtS-3. The first-order valence-corrected chi connectivity index (χ1v) is 17.9. The van der Waals surface area contributed by atoms with E-state index in [9.17, 15) is 0 Å². The molecule has 1 aliphatic heterocycles. The van der Waals surface area contributed by atoms with Gasteiger partial charge in [0.2, 0.25) is 0 Å². The smallest absolute Gasteiger partial charge is 0.135 e. The van der Waals surface area contributed by atoms with Crippen molar-refractivity contribution in [1.29, 1.82) is 0 Å². The quantitative estimate of drug-likeness (QED) is 0.165. The second kappa shape index (κ2) is 12.2. The van der Waals surface area contributed by atoms with Crippen LogP contribution in [-0.2, 0) is 26.5 Å². The number of para-hydroxylation sites is 2. The zero-order chi connectivity index (χ0) is 34.4. The summed E-state index contributed by atoms with van der Waals surface area (Å²) in [4.78, 5) is 9.41. The van der Waals surface area contributed by atoms with E-state index in [4.69, 9.17) is 9.72 Å². The van der Waals surface area contributed by atoms with E-state index in [2.05, 4.69) is 160 Å². The van der Waals surface area contributed by atoms with Crippen LogP contribution in [-0.4, -0.2) is 15.1 Å². The van der Waals surface area contributed by atoms with Gasteiger partial charge < -0.3 is 19.1 Å². The Balaban J connectivity index is 0.00000374. The van der Waals surface area contributed by atoms with Crippen LogP contribution in [0.3, 0.4) is 0 Å². The van der Waals surface area contributed by atoms with Crippen LogP contribution in [0, 0.1) is 18.8 Å². The number of hydrogen-bond acceptors (Lipinski definition) is 5. The van der Waals surface area contributed by atoms with Crippen LogP contribution in [0.15, 0.2) is 109 Å². The number of thiophene rings is 1. The molecule has 0 saturated heterocycles. The molecule has 5 nitrogen and oxygen atoms in total. The number of aromatic nitrogens is 2. The molecule has 7 heteroatoms. The van der Waals surface area contributed by atoms with Crippen molar-refractivity contribution in [2.75, 3.05) is 9.80 Å². The average molecular weight is 865 g/mol. The van der Waals surface area contributed by atoms with Crippen LogP contribution in [0.2, 0.25) is 0 Å². The molecule has 0 atom stereocenters. The summed E-state index contributed by atoms with van der Waals surface area (Å²) in [5, 5.41) is 4.81. The Morgan fingerprint density at radius 1 is 0.686 bits per heavy atom. The second-order valence-electron chi connectivity index (χ2n) is 15.1. The third kappa shape index (κ3) is 5.70. The van der Waals surface area contributed by atoms with Crippen molar-refractivity contribution in [3.8, 4) is 17.3 Å². The Morgan fingerprint density at radius 2 is 1.45 bits per heavy atom. The monoisotopic (exact) mass is 864 g/mol. The largest absolute Gasteiger partial charge is 0.509 e. The fourth-order valence-corrected chi connectivity index (χ4v) is 8.16. The Kier molecular flexibility index (Phi) is 8.05. The van der Waals surface area contributed by atoms with E-state index in [0.29, 0.717) is 11.5 Å². The van der Waals surface area contributed by atoms with Crippen LogP contribution in [0.1, 0.15) is 47.1 Å². The van der Waals surface area contributed by atoms with Gasteiger partial charge in [-0.1, -0.05) is 56.6 Å². The van der Waals surface area contributed by atoms with Gasteiger partial charge in [-0.15, -0.1) is 52.7 Å². The average Bonchev–Trinajstić information content (AvgIpc) is 3.76. The van der Waals surface area contributed by atoms with Crippen LogP contribution >= 0.6 is 11.3 Å². The molecule has 0 radical (unpaired) electrons. The van der Waals surface area contributed by atoms with Crippen molar-refractivity contribution in [3.05, 3.63) is 134 Å². The molecule has 1 aliphatic rings. The molecule has 0 aliphatic carbocycles. The van der Waals surface area contributed by atoms with Gasteiger partial charge >= 0.3 is 0 Å². The van der Waals surface area contributed by atoms with Crippen molar-refractivity contribution in [1.82, 2.24) is 9.55 Å². The molecule has 5 aromatic carbocycles. The maximum absolute atomic E-state index is 6.56. The van der Waals surface area contributed by atoms with Gasteiger partial charge in [-0.05, 0) is 79.6 Å². The van der Waals surface area contributed by atoms with Gasteiger partial charge in [0.05, 0.1) is 0 Å². The number of fused-ring (bicyclic) bond motifs is 7. The molecule has 9 rings (SSSR count). The van der Waals surface area contributed by atoms with Gasteiger partial charge in [0.1, 0.15) is 5.82 Å². The Morgan fingerprint density at radius 3 is 2.25 bits per heavy atom. The first kappa shape index (κ1) is 33.5. The van der Waals surface area contributed by atoms with Gasteiger partial charge in [0.25, 0.3) is 0 Å². The summed E-state index contributed by atoms with van der Waals surface area (Å²) in [5.74, 6) is 2.11. The molecule has 4 heterocycles. The molecule has 51 heavy (non-hydrogen) atoms. The number of benzene rings is 5. The maximum atomic E-state index is 6.56. The van der Waals surface area contributed by atoms with E-state index in [1.807, 2.05) is 35.7 Å². The molecule has 0 unspecified atom stereocenters. The number of ether oxygens (including phenoxy) is 1. The molecule has 3 aromatic heterocycles. The fraction of sp³-hybridized carbons (Fsp3) is 0.182. The normalized spacial score (nSPS) is 13.4. The molecule has 0 N–H and O–H groups in total. The Bertz CT molecular complexity index is 2610. The van der Waals surface area contributed by atoms with Gasteiger partial charge in [-0.3, -0.25) is 0 Å². The SMILES string of the molecule is CC(C)(C)c1ccnc(-n2c3[c-]c(Oc4[c-]c(N5[CH-]N(C(C)(C)C)c6ccccc65)ccc4)ccc3c3cc4sc5ccccc5c4cc32)c1.[Pt]. The summed E-state index contributed by atoms with van der Waals surface area (Å²) in [6, 6.07) is 43.5. The number of nitrogens with zero attached hydrogens (tertiary/aromatic N) is 4. The molecule has 0 saturated carbocycles.